The number of unbranched alkanes of at least 4 members (excludes halogenated alkanes) is 5. The van der Waals surface area contributed by atoms with Gasteiger partial charge in [0.05, 0.1) is 12.3 Å². The Balaban J connectivity index is 2.58. The van der Waals surface area contributed by atoms with Crippen LogP contribution in [0.15, 0.2) is 30.3 Å². The van der Waals surface area contributed by atoms with E-state index in [0.717, 1.165) is 35.6 Å². The van der Waals surface area contributed by atoms with E-state index in [9.17, 15) is 13.2 Å². The van der Waals surface area contributed by atoms with Crippen LogP contribution in [-0.4, -0.2) is 42.7 Å². The molecule has 0 fully saturated rings. The van der Waals surface area contributed by atoms with Gasteiger partial charge in [-0.1, -0.05) is 69.4 Å². The Morgan fingerprint density at radius 3 is 2.36 bits per heavy atom. The number of carbonyl (C=O) groups is 1. The Kier molecular flexibility index (Phi) is 10.4. The van der Waals surface area contributed by atoms with Gasteiger partial charge in [0, 0.05) is 6.54 Å². The predicted molar refractivity (Wildman–Crippen MR) is 98.8 cm³/mol. The number of rotatable bonds is 13. The number of hydroxylamine groups is 1. The van der Waals surface area contributed by atoms with Crippen LogP contribution < -0.4 is 5.48 Å². The summed E-state index contributed by atoms with van der Waals surface area (Å²) in [5.41, 5.74) is 2.52. The Morgan fingerprint density at radius 1 is 1.08 bits per heavy atom. The standard InChI is InChI=1S/C18H30N2O4S/c1-2-3-4-5-6-10-15-25(23,24)20(16-18(21)19-22)14-13-17-11-8-7-9-12-17/h7-9,11-12,22H,2-6,10,13-16H2,1H3,(H,19,21). The SMILES string of the molecule is CCCCCCCCS(=O)(=O)N(CCc1ccccc1)CC(=O)NO. The molecule has 1 aromatic rings. The third-order valence-corrected chi connectivity index (χ3v) is 5.99. The highest BCUT2D eigenvalue weighted by Gasteiger charge is 2.23. The molecule has 0 atom stereocenters. The molecule has 0 spiro atoms. The second-order valence-corrected chi connectivity index (χ2v) is 8.28. The van der Waals surface area contributed by atoms with Crippen molar-refractivity contribution in [3.8, 4) is 0 Å². The summed E-state index contributed by atoms with van der Waals surface area (Å²) in [6.07, 6.45) is 6.47. The number of sulfonamides is 1. The molecule has 7 heteroatoms. The van der Waals surface area contributed by atoms with Crippen LogP contribution in [0.1, 0.15) is 51.0 Å². The van der Waals surface area contributed by atoms with Crippen LogP contribution in [0.3, 0.4) is 0 Å². The van der Waals surface area contributed by atoms with E-state index < -0.39 is 15.9 Å². The molecule has 0 unspecified atom stereocenters. The zero-order valence-corrected chi connectivity index (χ0v) is 15.8. The molecule has 142 valence electrons. The second-order valence-electron chi connectivity index (χ2n) is 6.19. The van der Waals surface area contributed by atoms with Crippen LogP contribution in [0.2, 0.25) is 0 Å². The van der Waals surface area contributed by atoms with Crippen molar-refractivity contribution in [2.45, 2.75) is 51.9 Å². The van der Waals surface area contributed by atoms with Gasteiger partial charge in [-0.2, -0.15) is 4.31 Å². The van der Waals surface area contributed by atoms with Crippen molar-refractivity contribution in [2.24, 2.45) is 0 Å². The van der Waals surface area contributed by atoms with Crippen molar-refractivity contribution in [3.63, 3.8) is 0 Å². The summed E-state index contributed by atoms with van der Waals surface area (Å²) in [7, 11) is -3.53. The summed E-state index contributed by atoms with van der Waals surface area (Å²) < 4.78 is 26.3. The first-order valence-corrected chi connectivity index (χ1v) is 10.5. The molecule has 0 bridgehead atoms. The van der Waals surface area contributed by atoms with E-state index in [-0.39, 0.29) is 18.8 Å². The lowest BCUT2D eigenvalue weighted by molar-refractivity contribution is -0.129. The van der Waals surface area contributed by atoms with Gasteiger partial charge in [-0.3, -0.25) is 10.0 Å². The largest absolute Gasteiger partial charge is 0.289 e. The maximum Gasteiger partial charge on any atom is 0.258 e. The number of nitrogens with zero attached hydrogens (tertiary/aromatic N) is 1. The zero-order valence-electron chi connectivity index (χ0n) is 15.0. The zero-order chi connectivity index (χ0) is 18.5. The fraction of sp³-hybridized carbons (Fsp3) is 0.611. The Labute approximate surface area is 151 Å². The van der Waals surface area contributed by atoms with Crippen molar-refractivity contribution in [1.29, 1.82) is 0 Å². The van der Waals surface area contributed by atoms with Gasteiger partial charge in [-0.25, -0.2) is 13.9 Å². The molecule has 1 rings (SSSR count). The highest BCUT2D eigenvalue weighted by Crippen LogP contribution is 2.11. The summed E-state index contributed by atoms with van der Waals surface area (Å²) in [5, 5.41) is 8.71. The third-order valence-electron chi connectivity index (χ3n) is 4.09. The predicted octanol–water partition coefficient (Wildman–Crippen LogP) is 2.73. The van der Waals surface area contributed by atoms with Crippen molar-refractivity contribution in [1.82, 2.24) is 9.79 Å². The van der Waals surface area contributed by atoms with Gasteiger partial charge in [0.25, 0.3) is 5.91 Å². The molecule has 2 N–H and O–H groups in total. The van der Waals surface area contributed by atoms with Gasteiger partial charge in [0.2, 0.25) is 10.0 Å². The van der Waals surface area contributed by atoms with Crippen LogP contribution in [0.5, 0.6) is 0 Å². The summed E-state index contributed by atoms with van der Waals surface area (Å²) in [6.45, 7) is 2.00. The average molecular weight is 371 g/mol. The maximum absolute atomic E-state index is 12.6. The molecule has 1 aromatic carbocycles. The number of amides is 1. The van der Waals surface area contributed by atoms with Gasteiger partial charge < -0.3 is 0 Å². The summed E-state index contributed by atoms with van der Waals surface area (Å²) >= 11 is 0. The van der Waals surface area contributed by atoms with Crippen molar-refractivity contribution >= 4 is 15.9 Å². The van der Waals surface area contributed by atoms with E-state index in [1.54, 1.807) is 0 Å². The quantitative estimate of drug-likeness (QED) is 0.317. The van der Waals surface area contributed by atoms with E-state index in [1.165, 1.54) is 11.9 Å². The second kappa shape index (κ2) is 12.0. The van der Waals surface area contributed by atoms with Crippen LogP contribution in [0.4, 0.5) is 0 Å². The minimum atomic E-state index is -3.53. The molecule has 0 radical (unpaired) electrons. The van der Waals surface area contributed by atoms with Crippen molar-refractivity contribution in [2.75, 3.05) is 18.8 Å². The van der Waals surface area contributed by atoms with Crippen LogP contribution in [-0.2, 0) is 21.2 Å². The lowest BCUT2D eigenvalue weighted by atomic mass is 10.1. The fourth-order valence-corrected chi connectivity index (χ4v) is 4.11. The molecule has 0 aromatic heterocycles. The Morgan fingerprint density at radius 2 is 1.72 bits per heavy atom. The number of nitrogens with one attached hydrogen (secondary N) is 1. The lowest BCUT2D eigenvalue weighted by Crippen LogP contribution is -2.42. The summed E-state index contributed by atoms with van der Waals surface area (Å²) in [6, 6.07) is 9.53. The third kappa shape index (κ3) is 9.00. The molecule has 0 saturated heterocycles. The minimum Gasteiger partial charge on any atom is -0.289 e. The fourth-order valence-electron chi connectivity index (χ4n) is 2.60. The molecule has 25 heavy (non-hydrogen) atoms. The number of benzene rings is 1. The first-order chi connectivity index (χ1) is 12.0. The van der Waals surface area contributed by atoms with Gasteiger partial charge >= 0.3 is 0 Å². The van der Waals surface area contributed by atoms with Crippen LogP contribution >= 0.6 is 0 Å². The first-order valence-electron chi connectivity index (χ1n) is 8.94. The molecule has 0 saturated carbocycles. The summed E-state index contributed by atoms with van der Waals surface area (Å²) in [5.74, 6) is -0.688. The number of hydrogen-bond donors (Lipinski definition) is 2. The van der Waals surface area contributed by atoms with Crippen LogP contribution in [0.25, 0.3) is 0 Å². The van der Waals surface area contributed by atoms with Crippen LogP contribution in [0, 0.1) is 0 Å². The highest BCUT2D eigenvalue weighted by molar-refractivity contribution is 7.89. The van der Waals surface area contributed by atoms with Gasteiger partial charge in [-0.15, -0.1) is 0 Å². The molecule has 0 heterocycles. The van der Waals surface area contributed by atoms with E-state index >= 15 is 0 Å². The molecular weight excluding hydrogens is 340 g/mol. The Bertz CT molecular complexity index is 590. The maximum atomic E-state index is 12.6. The molecule has 6 nitrogen and oxygen atoms in total. The average Bonchev–Trinajstić information content (AvgIpc) is 2.62. The monoisotopic (exact) mass is 370 g/mol. The highest BCUT2D eigenvalue weighted by atomic mass is 32.2. The number of carbonyl (C=O) groups excluding carboxylic acids is 1. The van der Waals surface area contributed by atoms with E-state index in [0.29, 0.717) is 12.8 Å². The normalized spacial score (nSPS) is 11.6. The lowest BCUT2D eigenvalue weighted by Gasteiger charge is -2.21. The van der Waals surface area contributed by atoms with Crippen molar-refractivity contribution in [3.05, 3.63) is 35.9 Å². The minimum absolute atomic E-state index is 0.0343. The molecule has 0 aliphatic rings. The van der Waals surface area contributed by atoms with E-state index in [4.69, 9.17) is 5.21 Å². The number of hydrogen-bond acceptors (Lipinski definition) is 4. The smallest absolute Gasteiger partial charge is 0.258 e. The molecular formula is C18H30N2O4S. The van der Waals surface area contributed by atoms with Crippen molar-refractivity contribution < 1.29 is 18.4 Å². The summed E-state index contributed by atoms with van der Waals surface area (Å²) in [4.78, 5) is 11.5. The topological polar surface area (TPSA) is 86.7 Å². The van der Waals surface area contributed by atoms with Gasteiger partial charge in [-0.05, 0) is 18.4 Å². The first kappa shape index (κ1) is 21.6. The van der Waals surface area contributed by atoms with Gasteiger partial charge in [0.1, 0.15) is 0 Å². The van der Waals surface area contributed by atoms with E-state index in [2.05, 4.69) is 6.92 Å². The molecule has 0 aliphatic heterocycles. The van der Waals surface area contributed by atoms with E-state index in [1.807, 2.05) is 30.3 Å². The molecule has 1 amide bonds. The molecule has 0 aliphatic carbocycles. The Hall–Kier alpha value is -1.44. The van der Waals surface area contributed by atoms with Gasteiger partial charge in [0.15, 0.2) is 0 Å².